The van der Waals surface area contributed by atoms with Crippen molar-refractivity contribution >= 4 is 16.0 Å². The van der Waals surface area contributed by atoms with Crippen LogP contribution in [0.15, 0.2) is 29.2 Å². The summed E-state index contributed by atoms with van der Waals surface area (Å²) in [5.74, 6) is -1.29. The molecule has 0 amide bonds. The number of aliphatic carboxylic acids is 1. The predicted molar refractivity (Wildman–Crippen MR) is 75.0 cm³/mol. The third-order valence-electron chi connectivity index (χ3n) is 3.66. The number of hydrogen-bond acceptors (Lipinski definition) is 3. The minimum absolute atomic E-state index is 0.0591. The molecule has 1 N–H and O–H groups in total. The summed E-state index contributed by atoms with van der Waals surface area (Å²) < 4.78 is 26.3. The third kappa shape index (κ3) is 2.86. The van der Waals surface area contributed by atoms with Crippen LogP contribution in [0.3, 0.4) is 0 Å². The van der Waals surface area contributed by atoms with Crippen LogP contribution in [-0.4, -0.2) is 36.9 Å². The summed E-state index contributed by atoms with van der Waals surface area (Å²) in [4.78, 5) is 11.2. The largest absolute Gasteiger partial charge is 0.481 e. The van der Waals surface area contributed by atoms with Crippen LogP contribution in [0.4, 0.5) is 0 Å². The van der Waals surface area contributed by atoms with E-state index < -0.39 is 21.9 Å². The molecule has 1 aliphatic rings. The lowest BCUT2D eigenvalue weighted by Gasteiger charge is -2.17. The van der Waals surface area contributed by atoms with Gasteiger partial charge in [-0.25, -0.2) is 8.42 Å². The highest BCUT2D eigenvalue weighted by atomic mass is 32.2. The van der Waals surface area contributed by atoms with Crippen LogP contribution >= 0.6 is 0 Å². The van der Waals surface area contributed by atoms with Crippen LogP contribution in [-0.2, 0) is 14.8 Å². The summed E-state index contributed by atoms with van der Waals surface area (Å²) in [7, 11) is -3.59. The highest BCUT2D eigenvalue weighted by molar-refractivity contribution is 7.89. The Kier molecular flexibility index (Phi) is 4.15. The molecule has 0 aliphatic carbocycles. The third-order valence-corrected chi connectivity index (χ3v) is 5.52. The standard InChI is InChI=1S/C14H19NO4S/c1-10(2)11-4-3-5-13(8-11)20(18,19)15-7-6-12(9-15)14(16)17/h3-5,8,10,12H,6-7,9H2,1-2H3,(H,16,17). The van der Waals surface area contributed by atoms with Gasteiger partial charge in [0.1, 0.15) is 0 Å². The Morgan fingerprint density at radius 1 is 1.40 bits per heavy atom. The molecule has 5 nitrogen and oxygen atoms in total. The van der Waals surface area contributed by atoms with Gasteiger partial charge in [0.05, 0.1) is 10.8 Å². The first-order valence-electron chi connectivity index (χ1n) is 6.65. The van der Waals surface area contributed by atoms with Crippen LogP contribution in [0.5, 0.6) is 0 Å². The Balaban J connectivity index is 2.27. The number of nitrogens with zero attached hydrogens (tertiary/aromatic N) is 1. The molecule has 0 saturated carbocycles. The van der Waals surface area contributed by atoms with E-state index in [1.54, 1.807) is 18.2 Å². The highest BCUT2D eigenvalue weighted by Crippen LogP contribution is 2.26. The van der Waals surface area contributed by atoms with E-state index in [0.29, 0.717) is 6.42 Å². The molecule has 1 heterocycles. The van der Waals surface area contributed by atoms with Gasteiger partial charge in [0.15, 0.2) is 0 Å². The number of carboxylic acids is 1. The fraction of sp³-hybridized carbons (Fsp3) is 0.500. The maximum Gasteiger partial charge on any atom is 0.307 e. The molecule has 1 saturated heterocycles. The second kappa shape index (κ2) is 5.54. The van der Waals surface area contributed by atoms with Crippen LogP contribution in [0, 0.1) is 5.92 Å². The fourth-order valence-corrected chi connectivity index (χ4v) is 3.89. The van der Waals surface area contributed by atoms with E-state index in [1.807, 2.05) is 19.9 Å². The van der Waals surface area contributed by atoms with Crippen LogP contribution in [0.2, 0.25) is 0 Å². The summed E-state index contributed by atoms with van der Waals surface area (Å²) in [5, 5.41) is 8.96. The quantitative estimate of drug-likeness (QED) is 0.921. The lowest BCUT2D eigenvalue weighted by atomic mass is 10.0. The van der Waals surface area contributed by atoms with Gasteiger partial charge in [-0.1, -0.05) is 26.0 Å². The van der Waals surface area contributed by atoms with Gasteiger partial charge < -0.3 is 5.11 Å². The number of hydrogen-bond donors (Lipinski definition) is 1. The Hall–Kier alpha value is -1.40. The Labute approximate surface area is 119 Å². The zero-order chi connectivity index (χ0) is 14.9. The number of benzene rings is 1. The maximum absolute atomic E-state index is 12.5. The lowest BCUT2D eigenvalue weighted by molar-refractivity contribution is -0.141. The van der Waals surface area contributed by atoms with E-state index in [2.05, 4.69) is 0 Å². The predicted octanol–water partition coefficient (Wildman–Crippen LogP) is 1.91. The zero-order valence-electron chi connectivity index (χ0n) is 11.6. The molecule has 110 valence electrons. The van der Waals surface area contributed by atoms with Gasteiger partial charge in [-0.3, -0.25) is 4.79 Å². The van der Waals surface area contributed by atoms with Crippen molar-refractivity contribution < 1.29 is 18.3 Å². The first kappa shape index (κ1) is 15.0. The molecule has 0 spiro atoms. The van der Waals surface area contributed by atoms with Gasteiger partial charge in [0.2, 0.25) is 10.0 Å². The average molecular weight is 297 g/mol. The minimum Gasteiger partial charge on any atom is -0.481 e. The van der Waals surface area contributed by atoms with Gasteiger partial charge in [-0.2, -0.15) is 4.31 Å². The molecule has 20 heavy (non-hydrogen) atoms. The van der Waals surface area contributed by atoms with Gasteiger partial charge in [0.25, 0.3) is 0 Å². The summed E-state index contributed by atoms with van der Waals surface area (Å²) >= 11 is 0. The average Bonchev–Trinajstić information content (AvgIpc) is 2.89. The summed E-state index contributed by atoms with van der Waals surface area (Å²) in [6, 6.07) is 6.87. The number of sulfonamides is 1. The molecule has 0 bridgehead atoms. The van der Waals surface area contributed by atoms with E-state index in [-0.39, 0.29) is 23.9 Å². The van der Waals surface area contributed by atoms with Gasteiger partial charge in [-0.15, -0.1) is 0 Å². The smallest absolute Gasteiger partial charge is 0.307 e. The lowest BCUT2D eigenvalue weighted by Crippen LogP contribution is -2.30. The number of rotatable bonds is 4. The highest BCUT2D eigenvalue weighted by Gasteiger charge is 2.35. The van der Waals surface area contributed by atoms with Crippen LogP contribution < -0.4 is 0 Å². The molecule has 1 unspecified atom stereocenters. The molecule has 6 heteroatoms. The minimum atomic E-state index is -3.59. The molecule has 1 atom stereocenters. The first-order valence-corrected chi connectivity index (χ1v) is 8.09. The Morgan fingerprint density at radius 3 is 2.65 bits per heavy atom. The molecule has 1 aliphatic heterocycles. The molecule has 0 radical (unpaired) electrons. The molecule has 1 aromatic rings. The van der Waals surface area contributed by atoms with Crippen molar-refractivity contribution in [2.45, 2.75) is 31.1 Å². The normalized spacial score (nSPS) is 20.4. The molecular formula is C14H19NO4S. The molecule has 0 aromatic heterocycles. The summed E-state index contributed by atoms with van der Waals surface area (Å²) in [6.45, 7) is 4.33. The van der Waals surface area contributed by atoms with E-state index in [0.717, 1.165) is 5.56 Å². The summed E-state index contributed by atoms with van der Waals surface area (Å²) in [6.07, 6.45) is 0.373. The van der Waals surface area contributed by atoms with Crippen molar-refractivity contribution in [3.63, 3.8) is 0 Å². The van der Waals surface area contributed by atoms with Crippen LogP contribution in [0.25, 0.3) is 0 Å². The Morgan fingerprint density at radius 2 is 2.10 bits per heavy atom. The van der Waals surface area contributed by atoms with E-state index in [9.17, 15) is 13.2 Å². The van der Waals surface area contributed by atoms with E-state index in [4.69, 9.17) is 5.11 Å². The Bertz CT molecular complexity index is 609. The molecule has 1 aromatic carbocycles. The van der Waals surface area contributed by atoms with Gasteiger partial charge in [0, 0.05) is 13.1 Å². The second-order valence-corrected chi connectivity index (χ2v) is 7.35. The first-order chi connectivity index (χ1) is 9.32. The van der Waals surface area contributed by atoms with Gasteiger partial charge >= 0.3 is 5.97 Å². The van der Waals surface area contributed by atoms with E-state index in [1.165, 1.54) is 4.31 Å². The monoisotopic (exact) mass is 297 g/mol. The van der Waals surface area contributed by atoms with Gasteiger partial charge in [-0.05, 0) is 30.0 Å². The van der Waals surface area contributed by atoms with Crippen molar-refractivity contribution in [3.8, 4) is 0 Å². The maximum atomic E-state index is 12.5. The fourth-order valence-electron chi connectivity index (χ4n) is 2.33. The second-order valence-electron chi connectivity index (χ2n) is 5.41. The SMILES string of the molecule is CC(C)c1cccc(S(=O)(=O)N2CCC(C(=O)O)C2)c1. The number of carbonyl (C=O) groups is 1. The molecule has 2 rings (SSSR count). The number of carboxylic acid groups (broad SMARTS) is 1. The summed E-state index contributed by atoms with van der Waals surface area (Å²) in [5.41, 5.74) is 0.958. The zero-order valence-corrected chi connectivity index (χ0v) is 12.4. The topological polar surface area (TPSA) is 74.7 Å². The van der Waals surface area contributed by atoms with E-state index >= 15 is 0 Å². The molecular weight excluding hydrogens is 278 g/mol. The van der Waals surface area contributed by atoms with Crippen molar-refractivity contribution in [2.24, 2.45) is 5.92 Å². The van der Waals surface area contributed by atoms with Crippen molar-refractivity contribution in [1.82, 2.24) is 4.31 Å². The molecule has 1 fully saturated rings. The van der Waals surface area contributed by atoms with Crippen LogP contribution in [0.1, 0.15) is 31.7 Å². The van der Waals surface area contributed by atoms with Crippen molar-refractivity contribution in [2.75, 3.05) is 13.1 Å². The van der Waals surface area contributed by atoms with Crippen molar-refractivity contribution in [3.05, 3.63) is 29.8 Å². The van der Waals surface area contributed by atoms with Crippen molar-refractivity contribution in [1.29, 1.82) is 0 Å².